The van der Waals surface area contributed by atoms with Crippen molar-refractivity contribution in [3.63, 3.8) is 0 Å². The van der Waals surface area contributed by atoms with Gasteiger partial charge in [-0.1, -0.05) is 0 Å². The fraction of sp³-hybridized carbons (Fsp3) is 0. The standard InChI is InChI=1S/C13H9F2N3S/c14-8-2-1-7(5-9(8)15)18-10-3-4-11-13(12(10)16)17-6-19-11/h1-6,18H,16H2. The number of rotatable bonds is 2. The molecule has 3 N–H and O–H groups in total. The van der Waals surface area contributed by atoms with E-state index in [4.69, 9.17) is 5.73 Å². The van der Waals surface area contributed by atoms with E-state index in [1.54, 1.807) is 11.6 Å². The highest BCUT2D eigenvalue weighted by molar-refractivity contribution is 7.16. The highest BCUT2D eigenvalue weighted by Crippen LogP contribution is 2.32. The van der Waals surface area contributed by atoms with Crippen molar-refractivity contribution in [2.75, 3.05) is 11.1 Å². The quantitative estimate of drug-likeness (QED) is 0.698. The molecule has 0 saturated heterocycles. The molecule has 1 heterocycles. The second-order valence-electron chi connectivity index (χ2n) is 3.98. The number of aromatic nitrogens is 1. The molecule has 0 atom stereocenters. The molecule has 3 nitrogen and oxygen atoms in total. The Hall–Kier alpha value is -2.21. The molecule has 1 aromatic heterocycles. The van der Waals surface area contributed by atoms with E-state index in [2.05, 4.69) is 10.3 Å². The Morgan fingerprint density at radius 3 is 2.74 bits per heavy atom. The van der Waals surface area contributed by atoms with Crippen molar-refractivity contribution in [2.45, 2.75) is 0 Å². The maximum absolute atomic E-state index is 13.1. The van der Waals surface area contributed by atoms with E-state index in [0.29, 0.717) is 22.6 Å². The third kappa shape index (κ3) is 2.10. The van der Waals surface area contributed by atoms with Gasteiger partial charge < -0.3 is 11.1 Å². The molecule has 19 heavy (non-hydrogen) atoms. The highest BCUT2D eigenvalue weighted by atomic mass is 32.1. The molecular weight excluding hydrogens is 268 g/mol. The largest absolute Gasteiger partial charge is 0.395 e. The lowest BCUT2D eigenvalue weighted by atomic mass is 10.2. The van der Waals surface area contributed by atoms with Crippen LogP contribution in [-0.4, -0.2) is 4.98 Å². The number of nitrogens with zero attached hydrogens (tertiary/aromatic N) is 1. The van der Waals surface area contributed by atoms with Gasteiger partial charge in [0, 0.05) is 11.8 Å². The van der Waals surface area contributed by atoms with Crippen LogP contribution in [0.4, 0.5) is 25.8 Å². The third-order valence-electron chi connectivity index (χ3n) is 2.74. The molecule has 0 aliphatic rings. The Morgan fingerprint density at radius 2 is 1.95 bits per heavy atom. The van der Waals surface area contributed by atoms with Crippen molar-refractivity contribution in [3.8, 4) is 0 Å². The number of thiazole rings is 1. The number of nitrogens with one attached hydrogen (secondary N) is 1. The molecule has 0 radical (unpaired) electrons. The molecule has 0 aliphatic carbocycles. The van der Waals surface area contributed by atoms with Gasteiger partial charge in [-0.3, -0.25) is 0 Å². The maximum atomic E-state index is 13.1. The van der Waals surface area contributed by atoms with E-state index in [0.717, 1.165) is 16.8 Å². The number of anilines is 3. The monoisotopic (exact) mass is 277 g/mol. The predicted octanol–water partition coefficient (Wildman–Crippen LogP) is 3.90. The van der Waals surface area contributed by atoms with Crippen LogP contribution in [0.15, 0.2) is 35.8 Å². The van der Waals surface area contributed by atoms with Crippen LogP contribution in [0.5, 0.6) is 0 Å². The third-order valence-corrected chi connectivity index (χ3v) is 3.53. The summed E-state index contributed by atoms with van der Waals surface area (Å²) in [7, 11) is 0. The Morgan fingerprint density at radius 1 is 1.11 bits per heavy atom. The Bertz CT molecular complexity index is 755. The Balaban J connectivity index is 2.00. The van der Waals surface area contributed by atoms with Gasteiger partial charge in [-0.2, -0.15) is 0 Å². The van der Waals surface area contributed by atoms with E-state index in [9.17, 15) is 8.78 Å². The zero-order valence-corrected chi connectivity index (χ0v) is 10.5. The minimum Gasteiger partial charge on any atom is -0.395 e. The molecular formula is C13H9F2N3S. The second kappa shape index (κ2) is 4.47. The van der Waals surface area contributed by atoms with Gasteiger partial charge in [0.05, 0.1) is 21.6 Å². The molecule has 0 unspecified atom stereocenters. The summed E-state index contributed by atoms with van der Waals surface area (Å²) in [5.74, 6) is -1.79. The van der Waals surface area contributed by atoms with E-state index in [1.165, 1.54) is 17.4 Å². The predicted molar refractivity (Wildman–Crippen MR) is 73.7 cm³/mol. The lowest BCUT2D eigenvalue weighted by Gasteiger charge is -2.09. The first-order chi connectivity index (χ1) is 9.15. The van der Waals surface area contributed by atoms with Crippen LogP contribution in [0.25, 0.3) is 10.2 Å². The zero-order chi connectivity index (χ0) is 13.4. The fourth-order valence-electron chi connectivity index (χ4n) is 1.79. The van der Waals surface area contributed by atoms with Crippen LogP contribution in [0.3, 0.4) is 0 Å². The van der Waals surface area contributed by atoms with Gasteiger partial charge in [-0.25, -0.2) is 13.8 Å². The number of nitrogen functional groups attached to an aromatic ring is 1. The SMILES string of the molecule is Nc1c(Nc2ccc(F)c(F)c2)ccc2scnc12. The number of halogens is 2. The summed E-state index contributed by atoms with van der Waals surface area (Å²) in [4.78, 5) is 4.17. The van der Waals surface area contributed by atoms with E-state index in [1.807, 2.05) is 6.07 Å². The van der Waals surface area contributed by atoms with Crippen LogP contribution in [0.1, 0.15) is 0 Å². The lowest BCUT2D eigenvalue weighted by molar-refractivity contribution is 0.509. The molecule has 96 valence electrons. The fourth-order valence-corrected chi connectivity index (χ4v) is 2.48. The van der Waals surface area contributed by atoms with Crippen molar-refractivity contribution >= 4 is 38.6 Å². The van der Waals surface area contributed by atoms with E-state index < -0.39 is 11.6 Å². The summed E-state index contributed by atoms with van der Waals surface area (Å²) in [6.07, 6.45) is 0. The van der Waals surface area contributed by atoms with Gasteiger partial charge in [0.15, 0.2) is 11.6 Å². The molecule has 3 rings (SSSR count). The van der Waals surface area contributed by atoms with Crippen LogP contribution >= 0.6 is 11.3 Å². The van der Waals surface area contributed by atoms with Gasteiger partial charge in [0.25, 0.3) is 0 Å². The number of nitrogens with two attached hydrogens (primary N) is 1. The van der Waals surface area contributed by atoms with Gasteiger partial charge in [-0.05, 0) is 24.3 Å². The summed E-state index contributed by atoms with van der Waals surface area (Å²) in [5, 5.41) is 2.96. The van der Waals surface area contributed by atoms with Gasteiger partial charge >= 0.3 is 0 Å². The van der Waals surface area contributed by atoms with Crippen molar-refractivity contribution in [2.24, 2.45) is 0 Å². The van der Waals surface area contributed by atoms with Crippen LogP contribution in [-0.2, 0) is 0 Å². The van der Waals surface area contributed by atoms with E-state index in [-0.39, 0.29) is 0 Å². The lowest BCUT2D eigenvalue weighted by Crippen LogP contribution is -1.98. The number of benzene rings is 2. The number of fused-ring (bicyclic) bond motifs is 1. The maximum Gasteiger partial charge on any atom is 0.160 e. The van der Waals surface area contributed by atoms with E-state index >= 15 is 0 Å². The van der Waals surface area contributed by atoms with Crippen LogP contribution in [0.2, 0.25) is 0 Å². The Labute approximate surface area is 111 Å². The molecule has 0 amide bonds. The summed E-state index contributed by atoms with van der Waals surface area (Å²) < 4.78 is 27.0. The highest BCUT2D eigenvalue weighted by Gasteiger charge is 2.08. The first-order valence-electron chi connectivity index (χ1n) is 5.49. The van der Waals surface area contributed by atoms with Crippen LogP contribution in [0, 0.1) is 11.6 Å². The smallest absolute Gasteiger partial charge is 0.160 e. The average molecular weight is 277 g/mol. The molecule has 3 aromatic rings. The molecule has 0 bridgehead atoms. The number of hydrogen-bond donors (Lipinski definition) is 2. The summed E-state index contributed by atoms with van der Waals surface area (Å²) in [6.45, 7) is 0. The summed E-state index contributed by atoms with van der Waals surface area (Å²) in [5.41, 5.74) is 9.95. The first-order valence-corrected chi connectivity index (χ1v) is 6.37. The molecule has 2 aromatic carbocycles. The van der Waals surface area contributed by atoms with Crippen molar-refractivity contribution in [1.82, 2.24) is 4.98 Å². The Kier molecular flexibility index (Phi) is 2.79. The molecule has 6 heteroatoms. The second-order valence-corrected chi connectivity index (χ2v) is 4.87. The molecule has 0 spiro atoms. The molecule has 0 aliphatic heterocycles. The normalized spacial score (nSPS) is 10.8. The minimum absolute atomic E-state index is 0.431. The van der Waals surface area contributed by atoms with Crippen molar-refractivity contribution in [1.29, 1.82) is 0 Å². The summed E-state index contributed by atoms with van der Waals surface area (Å²) >= 11 is 1.49. The topological polar surface area (TPSA) is 50.9 Å². The van der Waals surface area contributed by atoms with Gasteiger partial charge in [-0.15, -0.1) is 11.3 Å². The van der Waals surface area contributed by atoms with Crippen LogP contribution < -0.4 is 11.1 Å². The summed E-state index contributed by atoms with van der Waals surface area (Å²) in [6, 6.07) is 7.26. The number of hydrogen-bond acceptors (Lipinski definition) is 4. The van der Waals surface area contributed by atoms with Gasteiger partial charge in [0.1, 0.15) is 5.52 Å². The molecule has 0 fully saturated rings. The van der Waals surface area contributed by atoms with Crippen molar-refractivity contribution in [3.05, 3.63) is 47.5 Å². The minimum atomic E-state index is -0.904. The first kappa shape index (κ1) is 11.9. The van der Waals surface area contributed by atoms with Crippen molar-refractivity contribution < 1.29 is 8.78 Å². The zero-order valence-electron chi connectivity index (χ0n) is 9.65. The average Bonchev–Trinajstić information content (AvgIpc) is 2.86. The molecule has 0 saturated carbocycles. The van der Waals surface area contributed by atoms with Gasteiger partial charge in [0.2, 0.25) is 0 Å².